The van der Waals surface area contributed by atoms with E-state index < -0.39 is 29.9 Å². The Morgan fingerprint density at radius 1 is 1.13 bits per heavy atom. The molecule has 0 bridgehead atoms. The van der Waals surface area contributed by atoms with Gasteiger partial charge in [0.25, 0.3) is 5.91 Å². The standard InChI is InChI=1S/C22H29ClN2O5/c23-17-11-9-15(10-12-17)7-4-8-19(20(27)22(29)25-30)21(28)24-18(14-26)13-16-5-2-1-3-6-16/h9-12,16,18-20,26-27,30H,1-3,5-6,8,13-14H2,(H,24,28)(H,25,29)/t18-,19?,20-/m0/s1. The Balaban J connectivity index is 2.05. The molecule has 1 aliphatic rings. The molecule has 1 aromatic rings. The van der Waals surface area contributed by atoms with Crippen molar-refractivity contribution < 1.29 is 25.0 Å². The van der Waals surface area contributed by atoms with Gasteiger partial charge in [0.15, 0.2) is 0 Å². The Morgan fingerprint density at radius 3 is 2.40 bits per heavy atom. The summed E-state index contributed by atoms with van der Waals surface area (Å²) in [5.74, 6) is 3.22. The van der Waals surface area contributed by atoms with Crippen molar-refractivity contribution >= 4 is 23.4 Å². The largest absolute Gasteiger partial charge is 0.394 e. The van der Waals surface area contributed by atoms with Gasteiger partial charge in [-0.05, 0) is 36.6 Å². The van der Waals surface area contributed by atoms with E-state index in [1.165, 1.54) is 11.9 Å². The number of benzene rings is 1. The van der Waals surface area contributed by atoms with E-state index >= 15 is 0 Å². The second-order valence-electron chi connectivity index (χ2n) is 7.67. The van der Waals surface area contributed by atoms with E-state index in [9.17, 15) is 19.8 Å². The Bertz CT molecular complexity index is 753. The van der Waals surface area contributed by atoms with Gasteiger partial charge in [-0.2, -0.15) is 0 Å². The molecule has 1 saturated carbocycles. The average Bonchev–Trinajstić information content (AvgIpc) is 2.77. The molecule has 1 unspecified atom stereocenters. The molecule has 3 atom stereocenters. The smallest absolute Gasteiger partial charge is 0.273 e. The second-order valence-corrected chi connectivity index (χ2v) is 8.10. The van der Waals surface area contributed by atoms with Crippen LogP contribution >= 0.6 is 11.6 Å². The first kappa shape index (κ1) is 24.2. The fourth-order valence-corrected chi connectivity index (χ4v) is 3.83. The number of hydroxylamine groups is 1. The fraction of sp³-hybridized carbons (Fsp3) is 0.545. The molecule has 0 aliphatic heterocycles. The van der Waals surface area contributed by atoms with Crippen molar-refractivity contribution in [3.8, 4) is 11.8 Å². The van der Waals surface area contributed by atoms with Gasteiger partial charge in [-0.15, -0.1) is 0 Å². The lowest BCUT2D eigenvalue weighted by Gasteiger charge is -2.28. The van der Waals surface area contributed by atoms with E-state index in [1.54, 1.807) is 24.3 Å². The van der Waals surface area contributed by atoms with Gasteiger partial charge in [-0.3, -0.25) is 14.8 Å². The third-order valence-corrected chi connectivity index (χ3v) is 5.66. The van der Waals surface area contributed by atoms with Crippen LogP contribution in [-0.2, 0) is 9.59 Å². The highest BCUT2D eigenvalue weighted by atomic mass is 35.5. The van der Waals surface area contributed by atoms with Gasteiger partial charge < -0.3 is 15.5 Å². The number of rotatable bonds is 8. The summed E-state index contributed by atoms with van der Waals surface area (Å²) in [7, 11) is 0. The number of hydrogen-bond acceptors (Lipinski definition) is 5. The van der Waals surface area contributed by atoms with Crippen LogP contribution in [0.15, 0.2) is 24.3 Å². The first-order valence-corrected chi connectivity index (χ1v) is 10.6. The van der Waals surface area contributed by atoms with Crippen molar-refractivity contribution in [3.63, 3.8) is 0 Å². The minimum Gasteiger partial charge on any atom is -0.394 e. The molecule has 1 fully saturated rings. The van der Waals surface area contributed by atoms with E-state index in [1.807, 2.05) is 0 Å². The molecule has 0 radical (unpaired) electrons. The Hall–Kier alpha value is -2.11. The van der Waals surface area contributed by atoms with E-state index in [4.69, 9.17) is 16.8 Å². The molecule has 0 aromatic heterocycles. The third-order valence-electron chi connectivity index (χ3n) is 5.41. The summed E-state index contributed by atoms with van der Waals surface area (Å²) in [6.07, 6.45) is 4.41. The van der Waals surface area contributed by atoms with Crippen LogP contribution in [0.1, 0.15) is 50.5 Å². The predicted molar refractivity (Wildman–Crippen MR) is 113 cm³/mol. The second kappa shape index (κ2) is 12.6. The van der Waals surface area contributed by atoms with Crippen molar-refractivity contribution in [2.75, 3.05) is 6.61 Å². The van der Waals surface area contributed by atoms with Gasteiger partial charge in [0.1, 0.15) is 6.10 Å². The Labute approximate surface area is 181 Å². The lowest BCUT2D eigenvalue weighted by Crippen LogP contribution is -2.48. The molecule has 8 heteroatoms. The normalized spacial score (nSPS) is 17.2. The first-order valence-electron chi connectivity index (χ1n) is 10.2. The molecule has 0 heterocycles. The Morgan fingerprint density at radius 2 is 1.80 bits per heavy atom. The maximum Gasteiger partial charge on any atom is 0.273 e. The highest BCUT2D eigenvalue weighted by Gasteiger charge is 2.33. The topological polar surface area (TPSA) is 119 Å². The number of halogens is 1. The minimum absolute atomic E-state index is 0.107. The number of aliphatic hydroxyl groups excluding tert-OH is 2. The fourth-order valence-electron chi connectivity index (χ4n) is 3.71. The number of nitrogens with one attached hydrogen (secondary N) is 2. The van der Waals surface area contributed by atoms with E-state index in [2.05, 4.69) is 17.2 Å². The summed E-state index contributed by atoms with van der Waals surface area (Å²) in [5.41, 5.74) is 2.04. The zero-order valence-electron chi connectivity index (χ0n) is 16.8. The molecule has 164 valence electrons. The van der Waals surface area contributed by atoms with E-state index in [0.717, 1.165) is 25.7 Å². The van der Waals surface area contributed by atoms with Crippen LogP contribution in [0.4, 0.5) is 0 Å². The van der Waals surface area contributed by atoms with Gasteiger partial charge in [0, 0.05) is 17.0 Å². The lowest BCUT2D eigenvalue weighted by atomic mass is 9.84. The number of aliphatic hydroxyl groups is 2. The van der Waals surface area contributed by atoms with Crippen LogP contribution in [0.25, 0.3) is 0 Å². The molecule has 1 aromatic carbocycles. The van der Waals surface area contributed by atoms with Crippen molar-refractivity contribution in [2.45, 2.75) is 57.1 Å². The van der Waals surface area contributed by atoms with Crippen LogP contribution < -0.4 is 10.8 Å². The summed E-state index contributed by atoms with van der Waals surface area (Å²) in [5, 5.41) is 32.0. The molecule has 2 amide bonds. The van der Waals surface area contributed by atoms with Crippen molar-refractivity contribution in [1.82, 2.24) is 10.8 Å². The molecular weight excluding hydrogens is 408 g/mol. The monoisotopic (exact) mass is 436 g/mol. The molecule has 30 heavy (non-hydrogen) atoms. The number of carbonyl (C=O) groups is 2. The van der Waals surface area contributed by atoms with Crippen molar-refractivity contribution in [2.24, 2.45) is 11.8 Å². The molecule has 5 N–H and O–H groups in total. The van der Waals surface area contributed by atoms with Gasteiger partial charge in [0.2, 0.25) is 5.91 Å². The summed E-state index contributed by atoms with van der Waals surface area (Å²) in [6, 6.07) is 6.33. The first-order chi connectivity index (χ1) is 14.4. The number of carbonyl (C=O) groups excluding carboxylic acids is 2. The van der Waals surface area contributed by atoms with Crippen LogP contribution in [0.2, 0.25) is 5.02 Å². The van der Waals surface area contributed by atoms with Crippen molar-refractivity contribution in [3.05, 3.63) is 34.9 Å². The maximum atomic E-state index is 12.8. The van der Waals surface area contributed by atoms with Crippen LogP contribution in [0.3, 0.4) is 0 Å². The summed E-state index contributed by atoms with van der Waals surface area (Å²) in [4.78, 5) is 24.5. The van der Waals surface area contributed by atoms with Crippen molar-refractivity contribution in [1.29, 1.82) is 0 Å². The molecule has 1 aliphatic carbocycles. The SMILES string of the molecule is O=C(N[C@H](CO)CC1CCCCC1)C(CC#Cc1ccc(Cl)cc1)[C@H](O)C(=O)NO. The highest BCUT2D eigenvalue weighted by Crippen LogP contribution is 2.27. The third kappa shape index (κ3) is 7.62. The minimum atomic E-state index is -1.77. The summed E-state index contributed by atoms with van der Waals surface area (Å²) in [6.45, 7) is -0.228. The van der Waals surface area contributed by atoms with Crippen LogP contribution in [-0.4, -0.2) is 46.0 Å². The maximum absolute atomic E-state index is 12.8. The highest BCUT2D eigenvalue weighted by molar-refractivity contribution is 6.30. The summed E-state index contributed by atoms with van der Waals surface area (Å²) >= 11 is 5.84. The average molecular weight is 437 g/mol. The van der Waals surface area contributed by atoms with Gasteiger partial charge in [-0.1, -0.05) is 55.5 Å². The Kier molecular flexibility index (Phi) is 10.1. The number of hydrogen-bond donors (Lipinski definition) is 5. The van der Waals surface area contributed by atoms with E-state index in [0.29, 0.717) is 22.9 Å². The zero-order chi connectivity index (χ0) is 21.9. The van der Waals surface area contributed by atoms with Crippen LogP contribution in [0, 0.1) is 23.7 Å². The number of amides is 2. The molecule has 0 spiro atoms. The summed E-state index contributed by atoms with van der Waals surface area (Å²) < 4.78 is 0. The van der Waals surface area contributed by atoms with Gasteiger partial charge >= 0.3 is 0 Å². The lowest BCUT2D eigenvalue weighted by molar-refractivity contribution is -0.146. The molecule has 2 rings (SSSR count). The molecule has 0 saturated heterocycles. The van der Waals surface area contributed by atoms with Crippen LogP contribution in [0.5, 0.6) is 0 Å². The molecule has 7 nitrogen and oxygen atoms in total. The van der Waals surface area contributed by atoms with E-state index in [-0.39, 0.29) is 13.0 Å². The quantitative estimate of drug-likeness (QED) is 0.242. The van der Waals surface area contributed by atoms with Gasteiger partial charge in [-0.25, -0.2) is 5.48 Å². The predicted octanol–water partition coefficient (Wildman–Crippen LogP) is 2.01. The molecular formula is C22H29ClN2O5. The zero-order valence-corrected chi connectivity index (χ0v) is 17.6. The van der Waals surface area contributed by atoms with Gasteiger partial charge in [0.05, 0.1) is 18.6 Å².